The van der Waals surface area contributed by atoms with E-state index in [2.05, 4.69) is 4.98 Å². The Kier molecular flexibility index (Phi) is 4.22. The van der Waals surface area contributed by atoms with Gasteiger partial charge in [-0.2, -0.15) is 22.0 Å². The molecule has 2 atom stereocenters. The van der Waals surface area contributed by atoms with Crippen LogP contribution in [0.3, 0.4) is 0 Å². The largest absolute Gasteiger partial charge is 0.423 e. The standard InChI is InChI=1S/C17H24N4O4S/c1-19(2)26(23,24)21-10-8-17(22)7-9-20(11-13(17)12-21)16-18-14-5-3-4-6-15(14)25-16/h3-6,13,22H,7-12H2,1-2H3/t13-,17-/m0/s1. The second kappa shape index (κ2) is 6.19. The number of anilines is 1. The van der Waals surface area contributed by atoms with Gasteiger partial charge in [-0.3, -0.25) is 0 Å². The smallest absolute Gasteiger partial charge is 0.298 e. The van der Waals surface area contributed by atoms with Gasteiger partial charge in [0.15, 0.2) is 5.58 Å². The van der Waals surface area contributed by atoms with E-state index in [1.165, 1.54) is 22.7 Å². The average molecular weight is 380 g/mol. The first-order valence-electron chi connectivity index (χ1n) is 8.80. The Bertz CT molecular complexity index is 879. The first kappa shape index (κ1) is 17.7. The zero-order chi connectivity index (χ0) is 18.5. The Morgan fingerprint density at radius 2 is 1.96 bits per heavy atom. The quantitative estimate of drug-likeness (QED) is 0.851. The number of nitrogens with zero attached hydrogens (tertiary/aromatic N) is 4. The van der Waals surface area contributed by atoms with Gasteiger partial charge in [0.05, 0.1) is 5.60 Å². The van der Waals surface area contributed by atoms with Crippen LogP contribution in [0.25, 0.3) is 11.1 Å². The number of hydrogen-bond acceptors (Lipinski definition) is 6. The highest BCUT2D eigenvalue weighted by Gasteiger charge is 2.48. The minimum atomic E-state index is -3.48. The van der Waals surface area contributed by atoms with Crippen LogP contribution in [-0.4, -0.2) is 73.0 Å². The van der Waals surface area contributed by atoms with E-state index in [0.717, 1.165) is 11.1 Å². The fraction of sp³-hybridized carbons (Fsp3) is 0.588. The van der Waals surface area contributed by atoms with Crippen molar-refractivity contribution in [2.24, 2.45) is 5.92 Å². The number of hydrogen-bond donors (Lipinski definition) is 1. The van der Waals surface area contributed by atoms with Crippen molar-refractivity contribution in [3.8, 4) is 0 Å². The monoisotopic (exact) mass is 380 g/mol. The molecule has 2 fully saturated rings. The van der Waals surface area contributed by atoms with Crippen molar-refractivity contribution in [1.29, 1.82) is 0 Å². The van der Waals surface area contributed by atoms with Gasteiger partial charge in [0, 0.05) is 46.2 Å². The predicted molar refractivity (Wildman–Crippen MR) is 98.1 cm³/mol. The second-order valence-corrected chi connectivity index (χ2v) is 9.50. The molecule has 0 amide bonds. The van der Waals surface area contributed by atoms with Crippen LogP contribution in [0.2, 0.25) is 0 Å². The molecule has 9 heteroatoms. The number of rotatable bonds is 3. The van der Waals surface area contributed by atoms with E-state index in [4.69, 9.17) is 4.42 Å². The van der Waals surface area contributed by atoms with Gasteiger partial charge in [0.2, 0.25) is 0 Å². The normalized spacial score (nSPS) is 27.8. The topological polar surface area (TPSA) is 90.1 Å². The summed E-state index contributed by atoms with van der Waals surface area (Å²) in [5, 5.41) is 11.0. The zero-order valence-electron chi connectivity index (χ0n) is 15.0. The molecule has 8 nitrogen and oxygen atoms in total. The Morgan fingerprint density at radius 1 is 1.23 bits per heavy atom. The summed E-state index contributed by atoms with van der Waals surface area (Å²) < 4.78 is 33.4. The van der Waals surface area contributed by atoms with Crippen LogP contribution in [0.5, 0.6) is 0 Å². The highest BCUT2D eigenvalue weighted by molar-refractivity contribution is 7.86. The molecule has 0 radical (unpaired) electrons. The Hall–Kier alpha value is -1.68. The fourth-order valence-electron chi connectivity index (χ4n) is 3.88. The van der Waals surface area contributed by atoms with Crippen LogP contribution >= 0.6 is 0 Å². The van der Waals surface area contributed by atoms with Gasteiger partial charge in [-0.15, -0.1) is 0 Å². The molecule has 26 heavy (non-hydrogen) atoms. The summed E-state index contributed by atoms with van der Waals surface area (Å²) in [7, 11) is -0.423. The lowest BCUT2D eigenvalue weighted by atomic mass is 9.76. The van der Waals surface area contributed by atoms with Crippen molar-refractivity contribution in [3.63, 3.8) is 0 Å². The lowest BCUT2D eigenvalue weighted by Gasteiger charge is -2.49. The number of para-hydroxylation sites is 2. The van der Waals surface area contributed by atoms with E-state index in [1.807, 2.05) is 29.2 Å². The molecule has 4 rings (SSSR count). The third-order valence-electron chi connectivity index (χ3n) is 5.57. The van der Waals surface area contributed by atoms with E-state index in [0.29, 0.717) is 45.0 Å². The van der Waals surface area contributed by atoms with Gasteiger partial charge in [0.1, 0.15) is 5.52 Å². The molecule has 0 unspecified atom stereocenters. The Morgan fingerprint density at radius 3 is 2.69 bits per heavy atom. The van der Waals surface area contributed by atoms with E-state index >= 15 is 0 Å². The molecule has 2 aliphatic heterocycles. The number of aromatic nitrogens is 1. The van der Waals surface area contributed by atoms with E-state index in [-0.39, 0.29) is 5.92 Å². The van der Waals surface area contributed by atoms with Crippen LogP contribution in [0, 0.1) is 5.92 Å². The second-order valence-electron chi connectivity index (χ2n) is 7.36. The highest BCUT2D eigenvalue weighted by Crippen LogP contribution is 2.38. The molecule has 2 aliphatic rings. The third-order valence-corrected chi connectivity index (χ3v) is 7.48. The average Bonchev–Trinajstić information content (AvgIpc) is 3.04. The van der Waals surface area contributed by atoms with Crippen LogP contribution in [0.15, 0.2) is 28.7 Å². The molecule has 3 heterocycles. The lowest BCUT2D eigenvalue weighted by Crippen LogP contribution is -2.61. The highest BCUT2D eigenvalue weighted by atomic mass is 32.2. The van der Waals surface area contributed by atoms with Crippen molar-refractivity contribution >= 4 is 27.3 Å². The molecule has 0 bridgehead atoms. The number of aliphatic hydroxyl groups is 1. The third kappa shape index (κ3) is 2.88. The SMILES string of the molecule is CN(C)S(=O)(=O)N1CC[C@@]2(O)CCN(c3nc4ccccc4o3)C[C@H]2C1. The molecule has 142 valence electrons. The van der Waals surface area contributed by atoms with Crippen molar-refractivity contribution in [2.75, 3.05) is 45.2 Å². The molecule has 0 aliphatic carbocycles. The molecule has 0 saturated carbocycles. The summed E-state index contributed by atoms with van der Waals surface area (Å²) in [4.78, 5) is 6.54. The molecular weight excluding hydrogens is 356 g/mol. The molecule has 1 aromatic carbocycles. The number of oxazole rings is 1. The van der Waals surface area contributed by atoms with Crippen LogP contribution in [0.4, 0.5) is 6.01 Å². The molecule has 0 spiro atoms. The maximum atomic E-state index is 12.5. The van der Waals surface area contributed by atoms with Crippen molar-refractivity contribution in [3.05, 3.63) is 24.3 Å². The van der Waals surface area contributed by atoms with Gasteiger partial charge >= 0.3 is 0 Å². The van der Waals surface area contributed by atoms with Crippen LogP contribution in [-0.2, 0) is 10.2 Å². The van der Waals surface area contributed by atoms with E-state index < -0.39 is 15.8 Å². The van der Waals surface area contributed by atoms with Gasteiger partial charge < -0.3 is 14.4 Å². The lowest BCUT2D eigenvalue weighted by molar-refractivity contribution is -0.0699. The predicted octanol–water partition coefficient (Wildman–Crippen LogP) is 0.897. The number of piperidine rings is 2. The maximum Gasteiger partial charge on any atom is 0.298 e. The minimum Gasteiger partial charge on any atom is -0.423 e. The molecule has 1 N–H and O–H groups in total. The van der Waals surface area contributed by atoms with Crippen molar-refractivity contribution in [1.82, 2.24) is 13.6 Å². The summed E-state index contributed by atoms with van der Waals surface area (Å²) in [5.41, 5.74) is 0.688. The zero-order valence-corrected chi connectivity index (χ0v) is 15.8. The molecule has 2 saturated heterocycles. The number of benzene rings is 1. The molecule has 2 aromatic rings. The Balaban J connectivity index is 1.56. The summed E-state index contributed by atoms with van der Waals surface area (Å²) >= 11 is 0. The van der Waals surface area contributed by atoms with Crippen molar-refractivity contribution in [2.45, 2.75) is 18.4 Å². The van der Waals surface area contributed by atoms with Crippen LogP contribution in [0.1, 0.15) is 12.8 Å². The van der Waals surface area contributed by atoms with Gasteiger partial charge in [-0.25, -0.2) is 0 Å². The fourth-order valence-corrected chi connectivity index (χ4v) is 5.03. The van der Waals surface area contributed by atoms with Gasteiger partial charge in [-0.1, -0.05) is 12.1 Å². The van der Waals surface area contributed by atoms with Gasteiger partial charge in [-0.05, 0) is 25.0 Å². The van der Waals surface area contributed by atoms with Gasteiger partial charge in [0.25, 0.3) is 16.2 Å². The summed E-state index contributed by atoms with van der Waals surface area (Å²) in [6, 6.07) is 8.11. The molecular formula is C17H24N4O4S. The first-order valence-corrected chi connectivity index (χ1v) is 10.2. The summed E-state index contributed by atoms with van der Waals surface area (Å²) in [5.74, 6) is -0.185. The van der Waals surface area contributed by atoms with E-state index in [1.54, 1.807) is 0 Å². The first-order chi connectivity index (χ1) is 12.3. The Labute approximate surface area is 153 Å². The number of fused-ring (bicyclic) bond motifs is 2. The maximum absolute atomic E-state index is 12.5. The summed E-state index contributed by atoms with van der Waals surface area (Å²) in [6.07, 6.45) is 1.03. The van der Waals surface area contributed by atoms with E-state index in [9.17, 15) is 13.5 Å². The van der Waals surface area contributed by atoms with Crippen molar-refractivity contribution < 1.29 is 17.9 Å². The molecule has 1 aromatic heterocycles. The summed E-state index contributed by atoms with van der Waals surface area (Å²) in [6.45, 7) is 1.80. The minimum absolute atomic E-state index is 0.185. The van der Waals surface area contributed by atoms with Crippen LogP contribution < -0.4 is 4.90 Å².